The molecule has 0 atom stereocenters. The first-order valence-electron chi connectivity index (χ1n) is 12.8. The van der Waals surface area contributed by atoms with Crippen molar-refractivity contribution in [2.24, 2.45) is 5.10 Å². The maximum Gasteiger partial charge on any atom is 0.264 e. The van der Waals surface area contributed by atoms with Gasteiger partial charge in [-0.05, 0) is 88.6 Å². The molecule has 0 bridgehead atoms. The van der Waals surface area contributed by atoms with E-state index in [4.69, 9.17) is 11.6 Å². The van der Waals surface area contributed by atoms with Gasteiger partial charge in [-0.2, -0.15) is 5.10 Å². The molecule has 9 heteroatoms. The number of aromatic nitrogens is 1. The highest BCUT2D eigenvalue weighted by Crippen LogP contribution is 2.30. The quantitative estimate of drug-likeness (QED) is 0.197. The number of halogens is 1. The van der Waals surface area contributed by atoms with Crippen LogP contribution in [-0.2, 0) is 14.8 Å². The molecule has 4 aromatic rings. The number of rotatable bonds is 8. The number of aryl methyl sites for hydroxylation is 5. The van der Waals surface area contributed by atoms with E-state index < -0.39 is 22.5 Å². The molecule has 1 aromatic heterocycles. The minimum Gasteiger partial charge on any atom is -0.317 e. The van der Waals surface area contributed by atoms with E-state index >= 15 is 0 Å². The second-order valence-corrected chi connectivity index (χ2v) is 12.2. The minimum absolute atomic E-state index is 0.0766. The smallest absolute Gasteiger partial charge is 0.264 e. The third-order valence-electron chi connectivity index (χ3n) is 6.86. The lowest BCUT2D eigenvalue weighted by molar-refractivity contribution is -0.119. The van der Waals surface area contributed by atoms with Crippen molar-refractivity contribution >= 4 is 39.4 Å². The molecule has 1 heterocycles. The summed E-state index contributed by atoms with van der Waals surface area (Å²) in [6, 6.07) is 19.6. The summed E-state index contributed by atoms with van der Waals surface area (Å²) in [5, 5.41) is 4.53. The van der Waals surface area contributed by atoms with E-state index in [9.17, 15) is 13.2 Å². The molecule has 3 aromatic carbocycles. The van der Waals surface area contributed by atoms with E-state index in [1.165, 1.54) is 12.1 Å². The average Bonchev–Trinajstić information content (AvgIpc) is 3.17. The van der Waals surface area contributed by atoms with E-state index in [1.54, 1.807) is 43.5 Å². The molecule has 0 spiro atoms. The van der Waals surface area contributed by atoms with E-state index in [0.29, 0.717) is 16.3 Å². The fourth-order valence-corrected chi connectivity index (χ4v) is 6.39. The van der Waals surface area contributed by atoms with Crippen LogP contribution < -0.4 is 9.73 Å². The van der Waals surface area contributed by atoms with Crippen LogP contribution in [0.2, 0.25) is 5.02 Å². The Kier molecular flexibility index (Phi) is 8.51. The zero-order valence-corrected chi connectivity index (χ0v) is 25.1. The van der Waals surface area contributed by atoms with Gasteiger partial charge in [-0.3, -0.25) is 9.10 Å². The molecule has 1 amide bonds. The van der Waals surface area contributed by atoms with Crippen LogP contribution >= 0.6 is 11.6 Å². The molecule has 40 heavy (non-hydrogen) atoms. The molecule has 1 N–H and O–H groups in total. The predicted octanol–water partition coefficient (Wildman–Crippen LogP) is 6.33. The van der Waals surface area contributed by atoms with E-state index in [0.717, 1.165) is 43.6 Å². The molecule has 0 fully saturated rings. The van der Waals surface area contributed by atoms with Gasteiger partial charge in [0.2, 0.25) is 0 Å². The van der Waals surface area contributed by atoms with E-state index in [-0.39, 0.29) is 4.90 Å². The fourth-order valence-electron chi connectivity index (χ4n) is 4.75. The van der Waals surface area contributed by atoms with E-state index in [1.807, 2.05) is 32.9 Å². The molecule has 4 rings (SSSR count). The summed E-state index contributed by atoms with van der Waals surface area (Å²) in [6.07, 6.45) is 1.58. The molecule has 0 radical (unpaired) electrons. The molecule has 208 valence electrons. The third kappa shape index (κ3) is 5.98. The number of hydrogen-bond acceptors (Lipinski definition) is 4. The molecule has 0 saturated heterocycles. The number of hydrazone groups is 1. The largest absolute Gasteiger partial charge is 0.317 e. The first kappa shape index (κ1) is 29.1. The molecule has 0 aliphatic carbocycles. The number of carbonyl (C=O) groups excluding carboxylic acids is 1. The van der Waals surface area contributed by atoms with Crippen molar-refractivity contribution in [1.29, 1.82) is 0 Å². The fraction of sp³-hybridized carbons (Fsp3) is 0.226. The normalized spacial score (nSPS) is 11.7. The molecule has 0 saturated carbocycles. The van der Waals surface area contributed by atoms with Crippen molar-refractivity contribution < 1.29 is 13.2 Å². The van der Waals surface area contributed by atoms with Crippen LogP contribution in [0.25, 0.3) is 5.69 Å². The lowest BCUT2D eigenvalue weighted by Crippen LogP contribution is -2.40. The summed E-state index contributed by atoms with van der Waals surface area (Å²) >= 11 is 6.21. The van der Waals surface area contributed by atoms with Gasteiger partial charge < -0.3 is 4.57 Å². The van der Waals surface area contributed by atoms with Crippen LogP contribution in [0.4, 0.5) is 5.69 Å². The Balaban J connectivity index is 1.60. The molecule has 0 aliphatic rings. The maximum absolute atomic E-state index is 13.7. The number of hydrogen-bond donors (Lipinski definition) is 1. The van der Waals surface area contributed by atoms with Gasteiger partial charge in [-0.15, -0.1) is 0 Å². The standard InChI is InChI=1S/C31H33ClN4O3S/c1-20-10-14-28(15-11-20)40(38,39)35(29-17-27(32)13-12-21(29)2)19-30(37)34-33-18-26-16-24(5)36(25(26)6)31-22(3)8-7-9-23(31)4/h7-18H,19H2,1-6H3,(H,34,37)/b33-18-. The predicted molar refractivity (Wildman–Crippen MR) is 162 cm³/mol. The van der Waals surface area contributed by atoms with Gasteiger partial charge in [-0.1, -0.05) is 53.6 Å². The Bertz CT molecular complexity index is 1690. The summed E-state index contributed by atoms with van der Waals surface area (Å²) in [7, 11) is -4.07. The number of para-hydroxylation sites is 1. The highest BCUT2D eigenvalue weighted by molar-refractivity contribution is 7.92. The van der Waals surface area contributed by atoms with Gasteiger partial charge >= 0.3 is 0 Å². The van der Waals surface area contributed by atoms with Crippen LogP contribution in [0.1, 0.15) is 39.2 Å². The second kappa shape index (κ2) is 11.7. The highest BCUT2D eigenvalue weighted by atomic mass is 35.5. The summed E-state index contributed by atoms with van der Waals surface area (Å²) in [4.78, 5) is 13.1. The highest BCUT2D eigenvalue weighted by Gasteiger charge is 2.28. The number of benzene rings is 3. The van der Waals surface area contributed by atoms with Crippen LogP contribution in [-0.4, -0.2) is 31.7 Å². The molecule has 0 aliphatic heterocycles. The van der Waals surface area contributed by atoms with Gasteiger partial charge in [0.15, 0.2) is 0 Å². The number of sulfonamides is 1. The van der Waals surface area contributed by atoms with Gasteiger partial charge in [0.05, 0.1) is 22.5 Å². The topological polar surface area (TPSA) is 83.8 Å². The number of nitrogens with one attached hydrogen (secondary N) is 1. The zero-order valence-electron chi connectivity index (χ0n) is 23.5. The van der Waals surface area contributed by atoms with Crippen molar-refractivity contribution in [2.75, 3.05) is 10.8 Å². The maximum atomic E-state index is 13.7. The third-order valence-corrected chi connectivity index (χ3v) is 8.87. The van der Waals surface area contributed by atoms with Crippen LogP contribution in [0, 0.1) is 41.5 Å². The van der Waals surface area contributed by atoms with Crippen molar-refractivity contribution in [3.8, 4) is 5.69 Å². The minimum atomic E-state index is -4.07. The molecule has 0 unspecified atom stereocenters. The van der Waals surface area contributed by atoms with Gasteiger partial charge in [-0.25, -0.2) is 13.8 Å². The summed E-state index contributed by atoms with van der Waals surface area (Å²) in [5.74, 6) is -0.588. The van der Waals surface area contributed by atoms with Crippen LogP contribution in [0.5, 0.6) is 0 Å². The molecular formula is C31H33ClN4O3S. The summed E-state index contributed by atoms with van der Waals surface area (Å²) in [5.41, 5.74) is 10.7. The first-order chi connectivity index (χ1) is 18.9. The van der Waals surface area contributed by atoms with Crippen LogP contribution in [0.15, 0.2) is 76.7 Å². The van der Waals surface area contributed by atoms with Crippen molar-refractivity contribution in [2.45, 2.75) is 46.4 Å². The first-order valence-corrected chi connectivity index (χ1v) is 14.6. The number of amides is 1. The SMILES string of the molecule is Cc1ccc(S(=O)(=O)N(CC(=O)N/N=C\c2cc(C)n(-c3c(C)cccc3C)c2C)c2cc(Cl)ccc2C)cc1. The van der Waals surface area contributed by atoms with Gasteiger partial charge in [0, 0.05) is 22.0 Å². The number of anilines is 1. The van der Waals surface area contributed by atoms with E-state index in [2.05, 4.69) is 41.1 Å². The Labute approximate surface area is 241 Å². The Morgan fingerprint density at radius 3 is 2.23 bits per heavy atom. The second-order valence-electron chi connectivity index (χ2n) is 9.95. The monoisotopic (exact) mass is 576 g/mol. The van der Waals surface area contributed by atoms with Gasteiger partial charge in [0.1, 0.15) is 6.54 Å². The number of nitrogens with zero attached hydrogens (tertiary/aromatic N) is 3. The number of carbonyl (C=O) groups is 1. The molecular weight excluding hydrogens is 544 g/mol. The summed E-state index contributed by atoms with van der Waals surface area (Å²) in [6.45, 7) is 11.3. The van der Waals surface area contributed by atoms with Crippen molar-refractivity contribution in [1.82, 2.24) is 9.99 Å². The Morgan fingerprint density at radius 1 is 0.925 bits per heavy atom. The van der Waals surface area contributed by atoms with Gasteiger partial charge in [0.25, 0.3) is 15.9 Å². The zero-order chi connectivity index (χ0) is 29.2. The average molecular weight is 577 g/mol. The Hall–Kier alpha value is -3.88. The Morgan fingerprint density at radius 2 is 1.57 bits per heavy atom. The summed E-state index contributed by atoms with van der Waals surface area (Å²) < 4.78 is 30.6. The lowest BCUT2D eigenvalue weighted by atomic mass is 10.1. The van der Waals surface area contributed by atoms with Crippen molar-refractivity contribution in [3.63, 3.8) is 0 Å². The van der Waals surface area contributed by atoms with Crippen LogP contribution in [0.3, 0.4) is 0 Å². The lowest BCUT2D eigenvalue weighted by Gasteiger charge is -2.25. The van der Waals surface area contributed by atoms with Crippen molar-refractivity contribution in [3.05, 3.63) is 111 Å². The molecule has 7 nitrogen and oxygen atoms in total.